The highest BCUT2D eigenvalue weighted by molar-refractivity contribution is 5.83. The van der Waals surface area contributed by atoms with Gasteiger partial charge in [-0.3, -0.25) is 4.79 Å². The number of nitrogens with one attached hydrogen (secondary N) is 1. The van der Waals surface area contributed by atoms with E-state index in [1.165, 1.54) is 32.4 Å². The molecule has 2 heterocycles. The molecule has 1 aliphatic heterocycles. The SMILES string of the molecule is CCc1cnnc(C2=C(NC(=O)Cc3ccc(OCCCN4CCCCC4)cc3)CCC2C)c1. The van der Waals surface area contributed by atoms with Crippen molar-refractivity contribution in [3.8, 4) is 5.75 Å². The van der Waals surface area contributed by atoms with Crippen molar-refractivity contribution >= 4 is 11.5 Å². The van der Waals surface area contributed by atoms with Crippen LogP contribution in [-0.2, 0) is 17.6 Å². The summed E-state index contributed by atoms with van der Waals surface area (Å²) < 4.78 is 5.91. The summed E-state index contributed by atoms with van der Waals surface area (Å²) in [7, 11) is 0. The number of piperidine rings is 1. The molecule has 0 radical (unpaired) electrons. The van der Waals surface area contributed by atoms with E-state index in [9.17, 15) is 4.79 Å². The van der Waals surface area contributed by atoms with Crippen molar-refractivity contribution in [3.05, 3.63) is 59.0 Å². The molecule has 1 amide bonds. The molecule has 182 valence electrons. The molecule has 6 nitrogen and oxygen atoms in total. The van der Waals surface area contributed by atoms with Crippen LogP contribution in [0.25, 0.3) is 5.57 Å². The average Bonchev–Trinajstić information content (AvgIpc) is 3.23. The van der Waals surface area contributed by atoms with E-state index in [-0.39, 0.29) is 5.91 Å². The predicted molar refractivity (Wildman–Crippen MR) is 135 cm³/mol. The molecule has 1 aromatic heterocycles. The van der Waals surface area contributed by atoms with E-state index in [1.807, 2.05) is 30.5 Å². The van der Waals surface area contributed by atoms with Gasteiger partial charge in [0.15, 0.2) is 0 Å². The minimum absolute atomic E-state index is 0.0106. The molecule has 2 aromatic rings. The number of aromatic nitrogens is 2. The largest absolute Gasteiger partial charge is 0.494 e. The third-order valence-corrected chi connectivity index (χ3v) is 6.96. The fourth-order valence-corrected chi connectivity index (χ4v) is 4.97. The number of hydrogen-bond acceptors (Lipinski definition) is 5. The van der Waals surface area contributed by atoms with E-state index in [2.05, 4.69) is 40.3 Å². The van der Waals surface area contributed by atoms with Gasteiger partial charge in [0.05, 0.1) is 24.9 Å². The number of ether oxygens (including phenoxy) is 1. The van der Waals surface area contributed by atoms with Crippen LogP contribution in [0.2, 0.25) is 0 Å². The van der Waals surface area contributed by atoms with Gasteiger partial charge in [-0.15, -0.1) is 0 Å². The number of hydrogen-bond donors (Lipinski definition) is 1. The molecular weight excluding hydrogens is 424 g/mol. The van der Waals surface area contributed by atoms with E-state index in [4.69, 9.17) is 4.74 Å². The van der Waals surface area contributed by atoms with Crippen LogP contribution >= 0.6 is 0 Å². The average molecular weight is 463 g/mol. The summed E-state index contributed by atoms with van der Waals surface area (Å²) in [6.07, 6.45) is 10.0. The topological polar surface area (TPSA) is 67.3 Å². The minimum atomic E-state index is 0.0106. The number of carbonyl (C=O) groups is 1. The van der Waals surface area contributed by atoms with Crippen LogP contribution in [0.5, 0.6) is 5.75 Å². The Labute approximate surface area is 203 Å². The molecule has 1 atom stereocenters. The summed E-state index contributed by atoms with van der Waals surface area (Å²) in [5, 5.41) is 11.7. The highest BCUT2D eigenvalue weighted by Gasteiger charge is 2.26. The Hall–Kier alpha value is -2.73. The number of amides is 1. The van der Waals surface area contributed by atoms with Gasteiger partial charge >= 0.3 is 0 Å². The third kappa shape index (κ3) is 6.66. The molecule has 0 saturated carbocycles. The Morgan fingerprint density at radius 1 is 1.15 bits per heavy atom. The predicted octanol–water partition coefficient (Wildman–Crippen LogP) is 4.79. The first kappa shape index (κ1) is 24.4. The first-order valence-corrected chi connectivity index (χ1v) is 12.9. The van der Waals surface area contributed by atoms with E-state index in [0.29, 0.717) is 12.3 Å². The molecule has 1 aliphatic carbocycles. The van der Waals surface area contributed by atoms with Crippen molar-refractivity contribution in [2.75, 3.05) is 26.2 Å². The second kappa shape index (κ2) is 12.1. The maximum Gasteiger partial charge on any atom is 0.228 e. The lowest BCUT2D eigenvalue weighted by Gasteiger charge is -2.26. The van der Waals surface area contributed by atoms with Crippen LogP contribution < -0.4 is 10.1 Å². The van der Waals surface area contributed by atoms with E-state index in [1.54, 1.807) is 0 Å². The highest BCUT2D eigenvalue weighted by atomic mass is 16.5. The highest BCUT2D eigenvalue weighted by Crippen LogP contribution is 2.36. The number of carbonyl (C=O) groups excluding carboxylic acids is 1. The zero-order valence-corrected chi connectivity index (χ0v) is 20.7. The Balaban J connectivity index is 1.28. The molecule has 34 heavy (non-hydrogen) atoms. The number of benzene rings is 1. The van der Waals surface area contributed by atoms with Crippen LogP contribution in [0.1, 0.15) is 69.2 Å². The number of rotatable bonds is 10. The molecule has 1 unspecified atom stereocenters. The standard InChI is InChI=1S/C28H38N4O2/c1-3-22-18-26(31-29-20-22)28-21(2)8-13-25(28)30-27(33)19-23-9-11-24(12-10-23)34-17-7-16-32-14-5-4-6-15-32/h9-12,18,20-21H,3-8,13-17,19H2,1-2H3,(H,30,33). The Bertz CT molecular complexity index is 980. The van der Waals surface area contributed by atoms with Crippen molar-refractivity contribution in [2.45, 2.75) is 65.2 Å². The zero-order valence-electron chi connectivity index (χ0n) is 20.7. The van der Waals surface area contributed by atoms with Crippen molar-refractivity contribution in [3.63, 3.8) is 0 Å². The van der Waals surface area contributed by atoms with Gasteiger partial charge in [-0.05, 0) is 86.9 Å². The lowest BCUT2D eigenvalue weighted by molar-refractivity contribution is -0.119. The molecule has 1 fully saturated rings. The van der Waals surface area contributed by atoms with Gasteiger partial charge in [0.1, 0.15) is 5.75 Å². The molecule has 0 spiro atoms. The van der Waals surface area contributed by atoms with E-state index in [0.717, 1.165) is 72.7 Å². The summed E-state index contributed by atoms with van der Waals surface area (Å²) in [4.78, 5) is 15.3. The molecule has 2 aliphatic rings. The number of allylic oxidation sites excluding steroid dienone is 2. The fourth-order valence-electron chi connectivity index (χ4n) is 4.97. The van der Waals surface area contributed by atoms with Gasteiger partial charge in [-0.2, -0.15) is 10.2 Å². The van der Waals surface area contributed by atoms with Gasteiger partial charge in [-0.1, -0.05) is 32.4 Å². The van der Waals surface area contributed by atoms with Gasteiger partial charge in [0, 0.05) is 17.8 Å². The molecule has 6 heteroatoms. The Kier molecular flexibility index (Phi) is 8.69. The van der Waals surface area contributed by atoms with Gasteiger partial charge in [0.25, 0.3) is 0 Å². The van der Waals surface area contributed by atoms with Gasteiger partial charge in [0.2, 0.25) is 5.91 Å². The zero-order chi connectivity index (χ0) is 23.8. The van der Waals surface area contributed by atoms with Crippen molar-refractivity contribution in [1.82, 2.24) is 20.4 Å². The summed E-state index contributed by atoms with van der Waals surface area (Å²) in [5.41, 5.74) is 5.16. The lowest BCUT2D eigenvalue weighted by atomic mass is 9.99. The monoisotopic (exact) mass is 462 g/mol. The summed E-state index contributed by atoms with van der Waals surface area (Å²) in [6, 6.07) is 10.0. The first-order valence-electron chi connectivity index (χ1n) is 12.9. The molecule has 1 aromatic carbocycles. The second-order valence-corrected chi connectivity index (χ2v) is 9.61. The second-order valence-electron chi connectivity index (χ2n) is 9.61. The van der Waals surface area contributed by atoms with Crippen molar-refractivity contribution in [2.24, 2.45) is 5.92 Å². The molecule has 1 N–H and O–H groups in total. The van der Waals surface area contributed by atoms with Crippen molar-refractivity contribution in [1.29, 1.82) is 0 Å². The van der Waals surface area contributed by atoms with Crippen LogP contribution in [0, 0.1) is 5.92 Å². The normalized spacial score (nSPS) is 18.8. The smallest absolute Gasteiger partial charge is 0.228 e. The molecule has 4 rings (SSSR count). The molecule has 0 bridgehead atoms. The Morgan fingerprint density at radius 3 is 2.71 bits per heavy atom. The first-order chi connectivity index (χ1) is 16.6. The van der Waals surface area contributed by atoms with Crippen LogP contribution in [0.4, 0.5) is 0 Å². The summed E-state index contributed by atoms with van der Waals surface area (Å²) in [6.45, 7) is 8.61. The van der Waals surface area contributed by atoms with Crippen LogP contribution in [-0.4, -0.2) is 47.2 Å². The maximum atomic E-state index is 12.8. The lowest BCUT2D eigenvalue weighted by Crippen LogP contribution is -2.31. The number of likely N-dealkylation sites (tertiary alicyclic amines) is 1. The van der Waals surface area contributed by atoms with Crippen LogP contribution in [0.15, 0.2) is 42.2 Å². The molecule has 1 saturated heterocycles. The quantitative estimate of drug-likeness (QED) is 0.514. The summed E-state index contributed by atoms with van der Waals surface area (Å²) >= 11 is 0. The van der Waals surface area contributed by atoms with Crippen molar-refractivity contribution < 1.29 is 9.53 Å². The van der Waals surface area contributed by atoms with E-state index < -0.39 is 0 Å². The Morgan fingerprint density at radius 2 is 1.94 bits per heavy atom. The minimum Gasteiger partial charge on any atom is -0.494 e. The van der Waals surface area contributed by atoms with E-state index >= 15 is 0 Å². The number of aryl methyl sites for hydroxylation is 1. The van der Waals surface area contributed by atoms with Gasteiger partial charge < -0.3 is 15.0 Å². The van der Waals surface area contributed by atoms with Crippen LogP contribution in [0.3, 0.4) is 0 Å². The van der Waals surface area contributed by atoms with Gasteiger partial charge in [-0.25, -0.2) is 0 Å². The third-order valence-electron chi connectivity index (χ3n) is 6.96. The maximum absolute atomic E-state index is 12.8. The fraction of sp³-hybridized carbons (Fsp3) is 0.536. The number of nitrogens with zero attached hydrogens (tertiary/aromatic N) is 3. The summed E-state index contributed by atoms with van der Waals surface area (Å²) in [5.74, 6) is 1.24. The molecular formula is C28H38N4O2.